The second-order valence-electron chi connectivity index (χ2n) is 13.7. The van der Waals surface area contributed by atoms with Crippen molar-refractivity contribution in [3.8, 4) is 0 Å². The Morgan fingerprint density at radius 2 is 1.58 bits per heavy atom. The summed E-state index contributed by atoms with van der Waals surface area (Å²) in [6, 6.07) is 4.35. The number of rotatable bonds is 20. The van der Waals surface area contributed by atoms with Gasteiger partial charge in [-0.2, -0.15) is 5.10 Å². The second-order valence-corrected chi connectivity index (χ2v) is 13.7. The Labute approximate surface area is 294 Å². The fourth-order valence-corrected chi connectivity index (χ4v) is 5.51. The third-order valence-electron chi connectivity index (χ3n) is 8.43. The highest BCUT2D eigenvalue weighted by atomic mass is 16.4. The normalized spacial score (nSPS) is 14.9. The van der Waals surface area contributed by atoms with Crippen LogP contribution in [0.25, 0.3) is 0 Å². The van der Waals surface area contributed by atoms with E-state index in [1.165, 1.54) is 0 Å². The first kappa shape index (κ1) is 41.6. The summed E-state index contributed by atoms with van der Waals surface area (Å²) in [5, 5.41) is 38.2. The number of aryl methyl sites for hydroxylation is 2. The zero-order valence-electron chi connectivity index (χ0n) is 30.5. The monoisotopic (exact) mass is 700 g/mol. The van der Waals surface area contributed by atoms with Crippen LogP contribution in [0.4, 0.5) is 4.79 Å². The molecule has 0 unspecified atom stereocenters. The zero-order chi connectivity index (χ0) is 37.5. The SMILES string of the molecule is CC[C@@H](Cn1nc(C)cc1C)C(=O)N[C@@H](CNC(=O)O)C(=O)N[C@@H](CC(C)C)[C@H](O)C[C@@H](C)C(=O)N[C@H](C(=O)NCc1ccccn1)C(C)C. The Balaban J connectivity index is 2.11. The van der Waals surface area contributed by atoms with Crippen molar-refractivity contribution in [3.63, 3.8) is 0 Å². The van der Waals surface area contributed by atoms with Crippen LogP contribution in [0.3, 0.4) is 0 Å². The van der Waals surface area contributed by atoms with Crippen molar-refractivity contribution in [2.45, 2.75) is 112 Å². The molecule has 0 aromatic carbocycles. The molecular formula is C35H56N8O7. The number of aliphatic hydroxyl groups excluding tert-OH is 1. The van der Waals surface area contributed by atoms with Crippen molar-refractivity contribution in [1.82, 2.24) is 41.3 Å². The Kier molecular flexibility index (Phi) is 16.8. The van der Waals surface area contributed by atoms with Gasteiger partial charge in [-0.1, -0.05) is 47.6 Å². The van der Waals surface area contributed by atoms with Gasteiger partial charge in [-0.15, -0.1) is 0 Å². The number of carbonyl (C=O) groups is 5. The van der Waals surface area contributed by atoms with Crippen LogP contribution in [0.1, 0.15) is 77.9 Å². The molecule has 0 aliphatic carbocycles. The van der Waals surface area contributed by atoms with Crippen molar-refractivity contribution in [2.24, 2.45) is 23.7 Å². The molecule has 2 heterocycles. The fourth-order valence-electron chi connectivity index (χ4n) is 5.51. The van der Waals surface area contributed by atoms with E-state index in [2.05, 4.69) is 36.7 Å². The molecule has 6 atom stereocenters. The quantitative estimate of drug-likeness (QED) is 0.107. The number of amides is 5. The maximum absolute atomic E-state index is 13.6. The predicted molar refractivity (Wildman–Crippen MR) is 187 cm³/mol. The number of nitrogens with zero attached hydrogens (tertiary/aromatic N) is 3. The topological polar surface area (TPSA) is 217 Å². The highest BCUT2D eigenvalue weighted by Crippen LogP contribution is 2.17. The molecule has 2 aromatic rings. The summed E-state index contributed by atoms with van der Waals surface area (Å²) in [6.07, 6.45) is -0.153. The van der Waals surface area contributed by atoms with Gasteiger partial charge >= 0.3 is 6.09 Å². The lowest BCUT2D eigenvalue weighted by Crippen LogP contribution is -2.57. The van der Waals surface area contributed by atoms with Crippen LogP contribution in [-0.4, -0.2) is 85.5 Å². The largest absolute Gasteiger partial charge is 0.465 e. The number of aliphatic hydroxyl groups is 1. The summed E-state index contributed by atoms with van der Waals surface area (Å²) in [7, 11) is 0. The summed E-state index contributed by atoms with van der Waals surface area (Å²) in [5.74, 6) is -3.39. The van der Waals surface area contributed by atoms with Gasteiger partial charge in [0.1, 0.15) is 12.1 Å². The smallest absolute Gasteiger partial charge is 0.404 e. The molecular weight excluding hydrogens is 644 g/mol. The van der Waals surface area contributed by atoms with E-state index in [0.29, 0.717) is 18.5 Å². The van der Waals surface area contributed by atoms with Crippen molar-refractivity contribution >= 4 is 29.7 Å². The summed E-state index contributed by atoms with van der Waals surface area (Å²) in [5.41, 5.74) is 2.37. The fraction of sp³-hybridized carbons (Fsp3) is 0.629. The van der Waals surface area contributed by atoms with Crippen molar-refractivity contribution < 1.29 is 34.2 Å². The van der Waals surface area contributed by atoms with E-state index in [1.807, 2.05) is 60.6 Å². The maximum Gasteiger partial charge on any atom is 0.404 e. The molecule has 0 bridgehead atoms. The lowest BCUT2D eigenvalue weighted by molar-refractivity contribution is -0.133. The molecule has 7 N–H and O–H groups in total. The summed E-state index contributed by atoms with van der Waals surface area (Å²) >= 11 is 0. The second kappa shape index (κ2) is 20.2. The Morgan fingerprint density at radius 1 is 0.880 bits per heavy atom. The van der Waals surface area contributed by atoms with Gasteiger partial charge in [-0.25, -0.2) is 4.79 Å². The van der Waals surface area contributed by atoms with E-state index < -0.39 is 66.4 Å². The number of pyridine rings is 1. The van der Waals surface area contributed by atoms with Gasteiger partial charge in [0.05, 0.1) is 49.1 Å². The highest BCUT2D eigenvalue weighted by molar-refractivity contribution is 5.90. The lowest BCUT2D eigenvalue weighted by atomic mass is 9.91. The van der Waals surface area contributed by atoms with E-state index in [4.69, 9.17) is 0 Å². The van der Waals surface area contributed by atoms with Gasteiger partial charge in [0, 0.05) is 17.8 Å². The minimum absolute atomic E-state index is 0.0302. The molecule has 0 saturated carbocycles. The van der Waals surface area contributed by atoms with Crippen molar-refractivity contribution in [3.05, 3.63) is 47.5 Å². The molecule has 0 radical (unpaired) electrons. The molecule has 2 rings (SSSR count). The van der Waals surface area contributed by atoms with Crippen LogP contribution >= 0.6 is 0 Å². The van der Waals surface area contributed by atoms with Crippen molar-refractivity contribution in [2.75, 3.05) is 6.54 Å². The number of hydrogen-bond donors (Lipinski definition) is 7. The van der Waals surface area contributed by atoms with Crippen LogP contribution in [0.5, 0.6) is 0 Å². The molecule has 278 valence electrons. The average Bonchev–Trinajstić information content (AvgIpc) is 3.37. The minimum Gasteiger partial charge on any atom is -0.465 e. The van der Waals surface area contributed by atoms with Gasteiger partial charge in [-0.3, -0.25) is 28.8 Å². The van der Waals surface area contributed by atoms with E-state index in [9.17, 15) is 34.2 Å². The van der Waals surface area contributed by atoms with Crippen molar-refractivity contribution in [1.29, 1.82) is 0 Å². The Hall–Kier alpha value is -4.53. The van der Waals surface area contributed by atoms with Crippen LogP contribution in [0.15, 0.2) is 30.5 Å². The lowest BCUT2D eigenvalue weighted by Gasteiger charge is -2.30. The van der Waals surface area contributed by atoms with Gasteiger partial charge < -0.3 is 36.8 Å². The summed E-state index contributed by atoms with van der Waals surface area (Å²) in [4.78, 5) is 68.7. The molecule has 15 heteroatoms. The number of carbonyl (C=O) groups excluding carboxylic acids is 4. The number of hydrogen-bond acceptors (Lipinski definition) is 8. The van der Waals surface area contributed by atoms with Gasteiger partial charge in [0.2, 0.25) is 23.6 Å². The Morgan fingerprint density at radius 3 is 2.12 bits per heavy atom. The average molecular weight is 701 g/mol. The van der Waals surface area contributed by atoms with Crippen LogP contribution < -0.4 is 26.6 Å². The standard InChI is InChI=1S/C35H56N8O7/c1-9-25(19-43-24(8)16-23(7)42-43)32(46)40-28(18-38-35(49)50)33(47)39-27(14-20(2)3)29(44)15-22(6)31(45)41-30(21(4)5)34(48)37-17-26-12-10-11-13-36-26/h10-13,16,20-22,25,27-30,38,44H,9,14-15,17-19H2,1-8H3,(H,37,48)(H,39,47)(H,40,46)(H,41,45)(H,49,50)/t22-,25+,27+,28+,29-,30+/m1/s1. The van der Waals surface area contributed by atoms with E-state index >= 15 is 0 Å². The minimum atomic E-state index is -1.37. The highest BCUT2D eigenvalue weighted by Gasteiger charge is 2.32. The van der Waals surface area contributed by atoms with Gasteiger partial charge in [0.15, 0.2) is 0 Å². The first-order valence-corrected chi connectivity index (χ1v) is 17.3. The first-order valence-electron chi connectivity index (χ1n) is 17.3. The molecule has 15 nitrogen and oxygen atoms in total. The van der Waals surface area contributed by atoms with E-state index in [0.717, 1.165) is 11.4 Å². The van der Waals surface area contributed by atoms with Gasteiger partial charge in [-0.05, 0) is 63.1 Å². The van der Waals surface area contributed by atoms with E-state index in [1.54, 1.807) is 29.9 Å². The number of nitrogens with one attached hydrogen (secondary N) is 5. The molecule has 0 fully saturated rings. The zero-order valence-corrected chi connectivity index (χ0v) is 30.5. The maximum atomic E-state index is 13.6. The molecule has 2 aromatic heterocycles. The molecule has 0 saturated heterocycles. The number of aromatic nitrogens is 3. The van der Waals surface area contributed by atoms with Crippen LogP contribution in [0, 0.1) is 37.5 Å². The van der Waals surface area contributed by atoms with E-state index in [-0.39, 0.29) is 37.3 Å². The Bertz CT molecular complexity index is 1410. The molecule has 0 aliphatic heterocycles. The molecule has 50 heavy (non-hydrogen) atoms. The number of carboxylic acid groups (broad SMARTS) is 1. The summed E-state index contributed by atoms with van der Waals surface area (Å²) in [6.45, 7) is 14.7. The predicted octanol–water partition coefficient (Wildman–Crippen LogP) is 2.05. The summed E-state index contributed by atoms with van der Waals surface area (Å²) < 4.78 is 1.72. The third-order valence-corrected chi connectivity index (χ3v) is 8.43. The molecule has 5 amide bonds. The third kappa shape index (κ3) is 13.8. The molecule has 0 spiro atoms. The van der Waals surface area contributed by atoms with Crippen LogP contribution in [-0.2, 0) is 32.3 Å². The first-order chi connectivity index (χ1) is 23.5. The van der Waals surface area contributed by atoms with Crippen LogP contribution in [0.2, 0.25) is 0 Å². The molecule has 0 aliphatic rings. The van der Waals surface area contributed by atoms with Gasteiger partial charge in [0.25, 0.3) is 0 Å².